The van der Waals surface area contributed by atoms with E-state index in [1.165, 1.54) is 29.2 Å². The van der Waals surface area contributed by atoms with Gasteiger partial charge in [0.1, 0.15) is 23.0 Å². The van der Waals surface area contributed by atoms with Gasteiger partial charge < -0.3 is 9.32 Å². The fraction of sp³-hybridized carbons (Fsp3) is 0.240. The lowest BCUT2D eigenvalue weighted by Gasteiger charge is -2.40. The lowest BCUT2D eigenvalue weighted by molar-refractivity contribution is -0.0829. The number of halogens is 7. The van der Waals surface area contributed by atoms with Crippen LogP contribution in [0, 0.1) is 14.8 Å². The average molecular weight is 602 g/mol. The van der Waals surface area contributed by atoms with Crippen LogP contribution in [-0.4, -0.2) is 41.1 Å². The Morgan fingerprint density at radius 1 is 0.800 bits per heavy atom. The van der Waals surface area contributed by atoms with Gasteiger partial charge in [-0.25, -0.2) is 29.5 Å². The van der Waals surface area contributed by atoms with E-state index >= 15 is 8.78 Å². The van der Waals surface area contributed by atoms with Gasteiger partial charge in [-0.1, -0.05) is 30.3 Å². The number of nitrogens with zero attached hydrogens (tertiary/aromatic N) is 2. The summed E-state index contributed by atoms with van der Waals surface area (Å²) in [4.78, 5) is 1.24. The molecule has 2 aromatic rings. The third-order valence-electron chi connectivity index (χ3n) is 6.09. The van der Waals surface area contributed by atoms with E-state index in [0.717, 1.165) is 0 Å². The number of fused-ring (bicyclic) bond motifs is 2. The van der Waals surface area contributed by atoms with Crippen molar-refractivity contribution in [2.45, 2.75) is 11.8 Å². The first-order valence-corrected chi connectivity index (χ1v) is 12.8. The minimum Gasteiger partial charge on any atom is -0.456 e. The summed E-state index contributed by atoms with van der Waals surface area (Å²) in [6.45, 7) is -1.97. The Bertz CT molecular complexity index is 1490. The van der Waals surface area contributed by atoms with Gasteiger partial charge in [-0.3, -0.25) is 0 Å². The van der Waals surface area contributed by atoms with E-state index in [1.54, 1.807) is 27.4 Å². The van der Waals surface area contributed by atoms with Crippen molar-refractivity contribution in [1.29, 1.82) is 0 Å². The highest BCUT2D eigenvalue weighted by Gasteiger charge is 2.45. The molecule has 0 amide bonds. The van der Waals surface area contributed by atoms with Gasteiger partial charge in [0.05, 0.1) is 35.0 Å². The van der Waals surface area contributed by atoms with Gasteiger partial charge >= 0.3 is 0 Å². The normalized spacial score (nSPS) is 19.9. The van der Waals surface area contributed by atoms with Crippen LogP contribution in [0.3, 0.4) is 0 Å². The van der Waals surface area contributed by atoms with E-state index in [-0.39, 0.29) is 11.3 Å². The monoisotopic (exact) mass is 602 g/mol. The second-order valence-corrected chi connectivity index (χ2v) is 11.8. The quantitative estimate of drug-likeness (QED) is 0.106. The van der Waals surface area contributed by atoms with Crippen molar-refractivity contribution in [1.82, 2.24) is 3.11 Å². The van der Waals surface area contributed by atoms with Gasteiger partial charge in [0.25, 0.3) is 11.8 Å². The molecule has 10 heteroatoms. The average Bonchev–Trinajstić information content (AvgIpc) is 2.76. The zero-order valence-corrected chi connectivity index (χ0v) is 20.1. The molecule has 2 fully saturated rings. The maximum Gasteiger partial charge on any atom is 0.282 e. The minimum absolute atomic E-state index is 0.00288. The van der Waals surface area contributed by atoms with Crippen LogP contribution >= 0.6 is 21.0 Å². The molecule has 3 nitrogen and oxygen atoms in total. The first-order valence-electron chi connectivity index (χ1n) is 10.8. The minimum atomic E-state index is -2.87. The molecule has 1 aliphatic carbocycles. The molecule has 2 saturated heterocycles. The smallest absolute Gasteiger partial charge is 0.282 e. The summed E-state index contributed by atoms with van der Waals surface area (Å²) in [5, 5.41) is 0.376. The molecule has 0 spiro atoms. The molecule has 2 aromatic carbocycles. The van der Waals surface area contributed by atoms with E-state index in [0.29, 0.717) is 31.0 Å². The summed E-state index contributed by atoms with van der Waals surface area (Å²) in [7, 11) is 0. The molecule has 3 aliphatic heterocycles. The molecule has 0 bridgehead atoms. The highest BCUT2D eigenvalue weighted by atomic mass is 127. The molecule has 182 valence electrons. The number of hydrogen-bond acceptors (Lipinski definition) is 3. The number of alkyl halides is 4. The van der Waals surface area contributed by atoms with E-state index < -0.39 is 70.7 Å². The van der Waals surface area contributed by atoms with Crippen LogP contribution in [0.2, 0.25) is 0 Å². The van der Waals surface area contributed by atoms with Crippen LogP contribution in [0.5, 0.6) is 0 Å². The Balaban J connectivity index is 1.57. The summed E-state index contributed by atoms with van der Waals surface area (Å²) in [5.41, 5.74) is 1.91. The molecule has 0 aromatic heterocycles. The van der Waals surface area contributed by atoms with E-state index in [9.17, 15) is 17.6 Å². The van der Waals surface area contributed by atoms with Gasteiger partial charge in [0, 0.05) is 22.6 Å². The summed E-state index contributed by atoms with van der Waals surface area (Å²) < 4.78 is 91.4. The molecule has 35 heavy (non-hydrogen) atoms. The molecule has 6 rings (SSSR count). The molecule has 4 aliphatic rings. The molecular formula is C25H17F6IN2O. The molecule has 3 heterocycles. The van der Waals surface area contributed by atoms with Crippen molar-refractivity contribution in [3.05, 3.63) is 69.4 Å². The Labute approximate surface area is 206 Å². The summed E-state index contributed by atoms with van der Waals surface area (Å²) in [6, 6.07) is 14.4. The van der Waals surface area contributed by atoms with Gasteiger partial charge in [-0.2, -0.15) is 0 Å². The zero-order valence-electron chi connectivity index (χ0n) is 18.0. The van der Waals surface area contributed by atoms with Crippen molar-refractivity contribution in [3.8, 4) is 22.5 Å². The predicted molar refractivity (Wildman–Crippen MR) is 129 cm³/mol. The molecular weight excluding hydrogens is 585 g/mol. The van der Waals surface area contributed by atoms with Crippen LogP contribution in [0.4, 0.5) is 32.0 Å². The Hall–Kier alpha value is -2.60. The predicted octanol–water partition coefficient (Wildman–Crippen LogP) is 7.31. The molecule has 0 N–H and O–H groups in total. The van der Waals surface area contributed by atoms with E-state index in [2.05, 4.69) is 0 Å². The number of anilines is 1. The molecule has 0 atom stereocenters. The lowest BCUT2D eigenvalue weighted by atomic mass is 9.93. The van der Waals surface area contributed by atoms with Crippen molar-refractivity contribution >= 4 is 37.7 Å². The van der Waals surface area contributed by atoms with Crippen molar-refractivity contribution in [3.63, 3.8) is 0 Å². The molecule has 0 unspecified atom stereocenters. The first-order chi connectivity index (χ1) is 16.6. The van der Waals surface area contributed by atoms with Crippen LogP contribution < -0.4 is 4.90 Å². The van der Waals surface area contributed by atoms with Gasteiger partial charge in [0.15, 0.2) is 0 Å². The third kappa shape index (κ3) is 4.10. The Kier molecular flexibility index (Phi) is 5.19. The van der Waals surface area contributed by atoms with E-state index in [4.69, 9.17) is 4.42 Å². The fourth-order valence-corrected chi connectivity index (χ4v) is 7.33. The maximum absolute atomic E-state index is 15.1. The van der Waals surface area contributed by atoms with Crippen molar-refractivity contribution in [2.75, 3.05) is 31.1 Å². The Morgan fingerprint density at radius 2 is 1.49 bits per heavy atom. The highest BCUT2D eigenvalue weighted by Crippen LogP contribution is 2.44. The van der Waals surface area contributed by atoms with Crippen LogP contribution in [0.1, 0.15) is 0 Å². The summed E-state index contributed by atoms with van der Waals surface area (Å²) >= 11 is -1.17. The topological polar surface area (TPSA) is 19.6 Å². The van der Waals surface area contributed by atoms with Crippen LogP contribution in [-0.2, 0) is 0 Å². The zero-order chi connectivity index (χ0) is 24.5. The number of hydrogen-bond donors (Lipinski definition) is 0. The fourth-order valence-electron chi connectivity index (χ4n) is 4.44. The van der Waals surface area contributed by atoms with Gasteiger partial charge in [0.2, 0.25) is 0 Å². The summed E-state index contributed by atoms with van der Waals surface area (Å²) in [5.74, 6) is -6.52. The van der Waals surface area contributed by atoms with E-state index in [1.807, 2.05) is 6.07 Å². The Morgan fingerprint density at radius 3 is 2.14 bits per heavy atom. The first kappa shape index (κ1) is 22.8. The largest absolute Gasteiger partial charge is 0.456 e. The van der Waals surface area contributed by atoms with Gasteiger partial charge in [-0.05, 0) is 44.8 Å². The highest BCUT2D eigenvalue weighted by molar-refractivity contribution is 14.1. The van der Waals surface area contributed by atoms with Gasteiger partial charge in [-0.15, -0.1) is 0 Å². The maximum atomic E-state index is 15.1. The van der Waals surface area contributed by atoms with Crippen LogP contribution in [0.25, 0.3) is 33.4 Å². The number of rotatable bonds is 3. The standard InChI is InChI=1S/C25H17F6IN2O/c26-17-6-15-21(8-19(17)32-34-12-25(30,31)13-34)35-22-9-20(33-10-24(28,29)11-33)18(27)7-16(22)23(15)14-4-2-1-3-5-14/h1-9H,10-13H2. The molecule has 0 radical (unpaired) electrons. The SMILES string of the molecule is Fc1cc2c(-c3ccccc3)c3cc(F)c(=IN4CC(F)(F)C4)cc-3oc2cc1N1CC(F)(F)C1. The lowest BCUT2D eigenvalue weighted by Crippen LogP contribution is -2.56. The van der Waals surface area contributed by atoms with Crippen LogP contribution in [0.15, 0.2) is 59.0 Å². The second kappa shape index (κ2) is 7.95. The number of benzene rings is 3. The van der Waals surface area contributed by atoms with Crippen molar-refractivity contribution in [2.24, 2.45) is 0 Å². The molecule has 0 saturated carbocycles. The second-order valence-electron chi connectivity index (χ2n) is 8.84. The van der Waals surface area contributed by atoms with Crippen molar-refractivity contribution < 1.29 is 30.8 Å². The third-order valence-corrected chi connectivity index (χ3v) is 8.80. The summed E-state index contributed by atoms with van der Waals surface area (Å²) in [6.07, 6.45) is 0.